The van der Waals surface area contributed by atoms with Crippen LogP contribution in [0.3, 0.4) is 0 Å². The SMILES string of the molecule is COC(=O)[C@@]1(C)N[C@@H](c2cc(Cl)ccc2Cl)[C@H]2C(=O)N(C)C(=O)[C@H]21. The van der Waals surface area contributed by atoms with E-state index in [4.69, 9.17) is 27.9 Å². The summed E-state index contributed by atoms with van der Waals surface area (Å²) < 4.78 is 4.86. The molecule has 2 aliphatic rings. The van der Waals surface area contributed by atoms with Crippen molar-refractivity contribution >= 4 is 41.0 Å². The van der Waals surface area contributed by atoms with Gasteiger partial charge in [0.15, 0.2) is 0 Å². The van der Waals surface area contributed by atoms with Gasteiger partial charge in [0.2, 0.25) is 11.8 Å². The van der Waals surface area contributed by atoms with E-state index in [-0.39, 0.29) is 5.91 Å². The fraction of sp³-hybridized carbons (Fsp3) is 0.438. The zero-order valence-corrected chi connectivity index (χ0v) is 14.8. The number of imide groups is 1. The number of ether oxygens (including phenoxy) is 1. The van der Waals surface area contributed by atoms with Crippen LogP contribution in [-0.4, -0.2) is 42.4 Å². The molecule has 0 bridgehead atoms. The number of carbonyl (C=O) groups excluding carboxylic acids is 3. The molecule has 2 fully saturated rings. The molecule has 0 saturated carbocycles. The third-order valence-corrected chi connectivity index (χ3v) is 5.49. The molecule has 8 heteroatoms. The summed E-state index contributed by atoms with van der Waals surface area (Å²) in [5, 5.41) is 3.95. The van der Waals surface area contributed by atoms with E-state index in [1.165, 1.54) is 14.2 Å². The van der Waals surface area contributed by atoms with Crippen LogP contribution < -0.4 is 5.32 Å². The highest BCUT2D eigenvalue weighted by atomic mass is 35.5. The van der Waals surface area contributed by atoms with Crippen molar-refractivity contribution in [3.63, 3.8) is 0 Å². The van der Waals surface area contributed by atoms with E-state index >= 15 is 0 Å². The summed E-state index contributed by atoms with van der Waals surface area (Å²) in [6.07, 6.45) is 0. The Morgan fingerprint density at radius 2 is 1.96 bits per heavy atom. The molecule has 3 rings (SSSR count). The van der Waals surface area contributed by atoms with Gasteiger partial charge in [-0.1, -0.05) is 23.2 Å². The van der Waals surface area contributed by atoms with Crippen LogP contribution in [0.5, 0.6) is 0 Å². The second-order valence-corrected chi connectivity index (χ2v) is 7.06. The number of hydrogen-bond acceptors (Lipinski definition) is 5. The number of halogens is 2. The average molecular weight is 371 g/mol. The Bertz CT molecular complexity index is 754. The van der Waals surface area contributed by atoms with Crippen LogP contribution >= 0.6 is 23.2 Å². The first-order valence-corrected chi connectivity index (χ1v) is 8.10. The highest BCUT2D eigenvalue weighted by Crippen LogP contribution is 2.49. The average Bonchev–Trinajstić information content (AvgIpc) is 2.99. The van der Waals surface area contributed by atoms with Crippen molar-refractivity contribution in [2.45, 2.75) is 18.5 Å². The van der Waals surface area contributed by atoms with Crippen molar-refractivity contribution < 1.29 is 19.1 Å². The van der Waals surface area contributed by atoms with Crippen molar-refractivity contribution in [1.29, 1.82) is 0 Å². The van der Waals surface area contributed by atoms with Gasteiger partial charge in [0.05, 0.1) is 18.9 Å². The molecule has 0 spiro atoms. The molecule has 4 atom stereocenters. The molecular formula is C16H16Cl2N2O4. The number of nitrogens with one attached hydrogen (secondary N) is 1. The Morgan fingerprint density at radius 3 is 2.58 bits per heavy atom. The lowest BCUT2D eigenvalue weighted by atomic mass is 9.80. The summed E-state index contributed by atoms with van der Waals surface area (Å²) in [5.41, 5.74) is -0.754. The zero-order valence-electron chi connectivity index (χ0n) is 13.3. The number of methoxy groups -OCH3 is 1. The predicted octanol–water partition coefficient (Wildman–Crippen LogP) is 1.80. The Kier molecular flexibility index (Phi) is 4.10. The molecule has 1 N–H and O–H groups in total. The van der Waals surface area contributed by atoms with Crippen LogP contribution in [0.25, 0.3) is 0 Å². The van der Waals surface area contributed by atoms with Gasteiger partial charge in [0.25, 0.3) is 0 Å². The maximum Gasteiger partial charge on any atom is 0.326 e. The highest BCUT2D eigenvalue weighted by Gasteiger charge is 2.66. The molecule has 0 aromatic heterocycles. The summed E-state index contributed by atoms with van der Waals surface area (Å²) in [4.78, 5) is 38.6. The maximum absolute atomic E-state index is 12.6. The molecule has 0 aliphatic carbocycles. The number of esters is 1. The smallest absolute Gasteiger partial charge is 0.326 e. The number of hydrogen-bond donors (Lipinski definition) is 1. The summed E-state index contributed by atoms with van der Waals surface area (Å²) in [6.45, 7) is 1.57. The minimum Gasteiger partial charge on any atom is -0.468 e. The second-order valence-electron chi connectivity index (χ2n) is 6.22. The van der Waals surface area contributed by atoms with Crippen molar-refractivity contribution in [2.24, 2.45) is 11.8 Å². The van der Waals surface area contributed by atoms with E-state index in [9.17, 15) is 14.4 Å². The number of rotatable bonds is 2. The molecule has 128 valence electrons. The number of amides is 2. The van der Waals surface area contributed by atoms with Crippen molar-refractivity contribution in [3.05, 3.63) is 33.8 Å². The van der Waals surface area contributed by atoms with Crippen LogP contribution in [0.1, 0.15) is 18.5 Å². The number of fused-ring (bicyclic) bond motifs is 1. The van der Waals surface area contributed by atoms with E-state index in [1.807, 2.05) is 0 Å². The quantitative estimate of drug-likeness (QED) is 0.634. The third kappa shape index (κ3) is 2.24. The minimum absolute atomic E-state index is 0.355. The minimum atomic E-state index is -1.33. The van der Waals surface area contributed by atoms with Gasteiger partial charge in [-0.2, -0.15) is 0 Å². The first-order chi connectivity index (χ1) is 11.2. The first kappa shape index (κ1) is 17.2. The highest BCUT2D eigenvalue weighted by molar-refractivity contribution is 6.33. The van der Waals surface area contributed by atoms with Gasteiger partial charge in [0.1, 0.15) is 5.54 Å². The predicted molar refractivity (Wildman–Crippen MR) is 87.5 cm³/mol. The van der Waals surface area contributed by atoms with E-state index in [2.05, 4.69) is 5.32 Å². The topological polar surface area (TPSA) is 75.7 Å². The summed E-state index contributed by atoms with van der Waals surface area (Å²) in [7, 11) is 2.66. The number of carbonyl (C=O) groups is 3. The first-order valence-electron chi connectivity index (χ1n) is 7.35. The molecule has 0 radical (unpaired) electrons. The maximum atomic E-state index is 12.6. The molecule has 2 heterocycles. The fourth-order valence-corrected chi connectivity index (χ4v) is 4.12. The Balaban J connectivity index is 2.15. The van der Waals surface area contributed by atoms with Gasteiger partial charge in [-0.05, 0) is 30.7 Å². The van der Waals surface area contributed by atoms with Crippen molar-refractivity contribution in [3.8, 4) is 0 Å². The Morgan fingerprint density at radius 1 is 1.29 bits per heavy atom. The Hall–Kier alpha value is -1.63. The molecule has 2 saturated heterocycles. The summed E-state index contributed by atoms with van der Waals surface area (Å²) in [6, 6.07) is 4.27. The summed E-state index contributed by atoms with van der Waals surface area (Å²) in [5.74, 6) is -2.98. The van der Waals surface area contributed by atoms with Gasteiger partial charge in [0, 0.05) is 23.1 Å². The van der Waals surface area contributed by atoms with E-state index < -0.39 is 35.3 Å². The lowest BCUT2D eigenvalue weighted by Gasteiger charge is -2.28. The fourth-order valence-electron chi connectivity index (χ4n) is 3.70. The van der Waals surface area contributed by atoms with Gasteiger partial charge >= 0.3 is 5.97 Å². The van der Waals surface area contributed by atoms with Crippen LogP contribution in [0.2, 0.25) is 10.0 Å². The van der Waals surface area contributed by atoms with Gasteiger partial charge in [-0.3, -0.25) is 24.6 Å². The van der Waals surface area contributed by atoms with Gasteiger partial charge in [-0.15, -0.1) is 0 Å². The van der Waals surface area contributed by atoms with Crippen LogP contribution in [0, 0.1) is 11.8 Å². The second kappa shape index (κ2) is 5.72. The van der Waals surface area contributed by atoms with Gasteiger partial charge in [-0.25, -0.2) is 0 Å². The molecule has 2 amide bonds. The van der Waals surface area contributed by atoms with Crippen LogP contribution in [0.4, 0.5) is 0 Å². The molecule has 6 nitrogen and oxygen atoms in total. The van der Waals surface area contributed by atoms with Crippen molar-refractivity contribution in [2.75, 3.05) is 14.2 Å². The number of nitrogens with zero attached hydrogens (tertiary/aromatic N) is 1. The zero-order chi connectivity index (χ0) is 17.8. The van der Waals surface area contributed by atoms with Crippen LogP contribution in [0.15, 0.2) is 18.2 Å². The normalized spacial score (nSPS) is 32.2. The lowest BCUT2D eigenvalue weighted by Crippen LogP contribution is -2.53. The largest absolute Gasteiger partial charge is 0.468 e. The third-order valence-electron chi connectivity index (χ3n) is 4.91. The molecule has 1 aromatic rings. The Labute approximate surface area is 149 Å². The number of likely N-dealkylation sites (tertiary alicyclic amines) is 1. The molecule has 1 aromatic carbocycles. The van der Waals surface area contributed by atoms with E-state index in [0.717, 1.165) is 4.90 Å². The van der Waals surface area contributed by atoms with Crippen molar-refractivity contribution in [1.82, 2.24) is 10.2 Å². The number of benzene rings is 1. The molecular weight excluding hydrogens is 355 g/mol. The van der Waals surface area contributed by atoms with Gasteiger partial charge < -0.3 is 4.74 Å². The summed E-state index contributed by atoms with van der Waals surface area (Å²) >= 11 is 12.3. The molecule has 0 unspecified atom stereocenters. The lowest BCUT2D eigenvalue weighted by molar-refractivity contribution is -0.152. The van der Waals surface area contributed by atoms with E-state index in [0.29, 0.717) is 15.6 Å². The van der Waals surface area contributed by atoms with E-state index in [1.54, 1.807) is 25.1 Å². The van der Waals surface area contributed by atoms with Crippen LogP contribution in [-0.2, 0) is 19.1 Å². The molecule has 24 heavy (non-hydrogen) atoms. The monoisotopic (exact) mass is 370 g/mol. The molecule has 2 aliphatic heterocycles. The standard InChI is InChI=1S/C16H16Cl2N2O4/c1-16(15(23)24-3)11-10(13(21)20(2)14(11)22)12(19-16)8-6-7(17)4-5-9(8)18/h4-6,10-12,19H,1-3H3/t10-,11-,12-,16-/m0/s1.